The summed E-state index contributed by atoms with van der Waals surface area (Å²) in [6, 6.07) is 0. The molecule has 64 valence electrons. The summed E-state index contributed by atoms with van der Waals surface area (Å²) < 4.78 is 3.71. The number of carbonyl (C=O) groups excluding carboxylic acids is 1. The van der Waals surface area contributed by atoms with Crippen molar-refractivity contribution in [1.29, 1.82) is 0 Å². The van der Waals surface area contributed by atoms with Crippen LogP contribution >= 0.6 is 11.5 Å². The molecule has 0 aliphatic heterocycles. The van der Waals surface area contributed by atoms with Crippen molar-refractivity contribution in [1.82, 2.24) is 14.8 Å². The summed E-state index contributed by atoms with van der Waals surface area (Å²) in [6.45, 7) is 0. The second kappa shape index (κ2) is 3.26. The Morgan fingerprint density at radius 3 is 2.67 bits per heavy atom. The van der Waals surface area contributed by atoms with E-state index in [-0.39, 0.29) is 0 Å². The highest BCUT2D eigenvalue weighted by atomic mass is 32.1. The molecule has 0 saturated heterocycles. The molecular formula is C7H9N3OS. The molecular weight excluding hydrogens is 174 g/mol. The highest BCUT2D eigenvalue weighted by Crippen LogP contribution is 2.30. The SMILES string of the molecule is O=C1CCC(c2nnns2)CC1. The maximum atomic E-state index is 10.9. The molecule has 5 heteroatoms. The Kier molecular flexibility index (Phi) is 2.12. The standard InChI is InChI=1S/C7H9N3OS/c11-6-3-1-5(2-4-6)7-8-9-10-12-7/h5H,1-4H2. The third-order valence-corrected chi connectivity index (χ3v) is 2.96. The maximum absolute atomic E-state index is 10.9. The molecule has 0 aromatic carbocycles. The van der Waals surface area contributed by atoms with Crippen molar-refractivity contribution >= 4 is 17.3 Å². The highest BCUT2D eigenvalue weighted by Gasteiger charge is 2.22. The summed E-state index contributed by atoms with van der Waals surface area (Å²) in [6.07, 6.45) is 3.25. The number of hydrogen-bond acceptors (Lipinski definition) is 5. The van der Waals surface area contributed by atoms with Crippen molar-refractivity contribution in [2.75, 3.05) is 0 Å². The van der Waals surface area contributed by atoms with Gasteiger partial charge in [0.05, 0.1) is 0 Å². The van der Waals surface area contributed by atoms with Crippen molar-refractivity contribution in [2.45, 2.75) is 31.6 Å². The molecule has 4 nitrogen and oxygen atoms in total. The fourth-order valence-electron chi connectivity index (χ4n) is 1.48. The van der Waals surface area contributed by atoms with Crippen LogP contribution in [0.2, 0.25) is 0 Å². The smallest absolute Gasteiger partial charge is 0.141 e. The van der Waals surface area contributed by atoms with Crippen LogP contribution in [0, 0.1) is 0 Å². The number of Topliss-reactive ketones (excluding diaryl/α,β-unsaturated/α-hetero) is 1. The van der Waals surface area contributed by atoms with Gasteiger partial charge in [0, 0.05) is 30.3 Å². The summed E-state index contributed by atoms with van der Waals surface area (Å²) in [4.78, 5) is 10.9. The van der Waals surface area contributed by atoms with Crippen LogP contribution in [-0.2, 0) is 4.79 Å². The van der Waals surface area contributed by atoms with E-state index in [1.807, 2.05) is 0 Å². The zero-order valence-corrected chi connectivity index (χ0v) is 7.38. The van der Waals surface area contributed by atoms with Gasteiger partial charge in [0.1, 0.15) is 10.8 Å². The van der Waals surface area contributed by atoms with Crippen LogP contribution in [0.4, 0.5) is 0 Å². The fraction of sp³-hybridized carbons (Fsp3) is 0.714. The average Bonchev–Trinajstić information content (AvgIpc) is 2.58. The van der Waals surface area contributed by atoms with Crippen molar-refractivity contribution < 1.29 is 4.79 Å². The normalized spacial score (nSPS) is 19.8. The molecule has 0 atom stereocenters. The number of hydrogen-bond donors (Lipinski definition) is 0. The van der Waals surface area contributed by atoms with Gasteiger partial charge in [-0.15, -0.1) is 5.10 Å². The van der Waals surface area contributed by atoms with Crippen LogP contribution in [0.1, 0.15) is 36.6 Å². The van der Waals surface area contributed by atoms with E-state index in [4.69, 9.17) is 0 Å². The van der Waals surface area contributed by atoms with Crippen LogP contribution < -0.4 is 0 Å². The molecule has 0 radical (unpaired) electrons. The number of rotatable bonds is 1. The average molecular weight is 183 g/mol. The Morgan fingerprint density at radius 1 is 1.33 bits per heavy atom. The van der Waals surface area contributed by atoms with Crippen LogP contribution in [0.5, 0.6) is 0 Å². The van der Waals surface area contributed by atoms with Crippen LogP contribution in [-0.4, -0.2) is 20.6 Å². The zero-order chi connectivity index (χ0) is 8.39. The van der Waals surface area contributed by atoms with E-state index in [1.165, 1.54) is 11.5 Å². The summed E-state index contributed by atoms with van der Waals surface area (Å²) >= 11 is 1.35. The van der Waals surface area contributed by atoms with Crippen LogP contribution in [0.3, 0.4) is 0 Å². The van der Waals surface area contributed by atoms with Crippen LogP contribution in [0.15, 0.2) is 0 Å². The number of aromatic nitrogens is 3. The molecule has 1 saturated carbocycles. The Morgan fingerprint density at radius 2 is 2.08 bits per heavy atom. The second-order valence-corrected chi connectivity index (χ2v) is 3.78. The molecule has 1 heterocycles. The Bertz CT molecular complexity index is 262. The van der Waals surface area contributed by atoms with E-state index in [9.17, 15) is 4.79 Å². The minimum Gasteiger partial charge on any atom is -0.300 e. The van der Waals surface area contributed by atoms with Crippen molar-refractivity contribution in [2.24, 2.45) is 0 Å². The van der Waals surface area contributed by atoms with E-state index in [0.29, 0.717) is 24.5 Å². The molecule has 12 heavy (non-hydrogen) atoms. The topological polar surface area (TPSA) is 55.7 Å². The van der Waals surface area contributed by atoms with E-state index in [0.717, 1.165) is 17.8 Å². The first-order chi connectivity index (χ1) is 5.86. The van der Waals surface area contributed by atoms with E-state index >= 15 is 0 Å². The first kappa shape index (κ1) is 7.79. The quantitative estimate of drug-likeness (QED) is 0.655. The van der Waals surface area contributed by atoms with Gasteiger partial charge in [0.15, 0.2) is 0 Å². The van der Waals surface area contributed by atoms with Gasteiger partial charge in [0.25, 0.3) is 0 Å². The lowest BCUT2D eigenvalue weighted by Crippen LogP contribution is -2.12. The molecule has 0 amide bonds. The molecule has 1 fully saturated rings. The minimum atomic E-state index is 0.378. The van der Waals surface area contributed by atoms with Gasteiger partial charge in [-0.3, -0.25) is 4.79 Å². The number of ketones is 1. The first-order valence-corrected chi connectivity index (χ1v) is 4.80. The second-order valence-electron chi connectivity index (χ2n) is 3.01. The van der Waals surface area contributed by atoms with Gasteiger partial charge in [0.2, 0.25) is 0 Å². The predicted octanol–water partition coefficient (Wildman–Crippen LogP) is 1.16. The Balaban J connectivity index is 2.03. The van der Waals surface area contributed by atoms with Gasteiger partial charge in [-0.05, 0) is 18.1 Å². The Labute approximate surface area is 74.2 Å². The third-order valence-electron chi connectivity index (χ3n) is 2.21. The molecule has 1 aromatic heterocycles. The molecule has 1 aromatic rings. The molecule has 0 unspecified atom stereocenters. The van der Waals surface area contributed by atoms with Gasteiger partial charge < -0.3 is 0 Å². The number of carbonyl (C=O) groups is 1. The minimum absolute atomic E-state index is 0.378. The summed E-state index contributed by atoms with van der Waals surface area (Å²) in [5.41, 5.74) is 0. The molecule has 0 bridgehead atoms. The molecule has 0 N–H and O–H groups in total. The fourth-order valence-corrected chi connectivity index (χ4v) is 2.10. The van der Waals surface area contributed by atoms with E-state index in [1.54, 1.807) is 0 Å². The first-order valence-electron chi connectivity index (χ1n) is 4.03. The summed E-state index contributed by atoms with van der Waals surface area (Å²) in [5, 5.41) is 8.45. The third kappa shape index (κ3) is 1.50. The molecule has 1 aliphatic carbocycles. The van der Waals surface area contributed by atoms with Crippen molar-refractivity contribution in [3.05, 3.63) is 5.01 Å². The van der Waals surface area contributed by atoms with E-state index < -0.39 is 0 Å². The van der Waals surface area contributed by atoms with Gasteiger partial charge >= 0.3 is 0 Å². The lowest BCUT2D eigenvalue weighted by atomic mass is 9.89. The molecule has 0 spiro atoms. The molecule has 2 rings (SSSR count). The van der Waals surface area contributed by atoms with E-state index in [2.05, 4.69) is 14.8 Å². The van der Waals surface area contributed by atoms with Crippen molar-refractivity contribution in [3.63, 3.8) is 0 Å². The van der Waals surface area contributed by atoms with Crippen molar-refractivity contribution in [3.8, 4) is 0 Å². The van der Waals surface area contributed by atoms with Crippen LogP contribution in [0.25, 0.3) is 0 Å². The predicted molar refractivity (Wildman–Crippen MR) is 43.9 cm³/mol. The lowest BCUT2D eigenvalue weighted by molar-refractivity contribution is -0.120. The van der Waals surface area contributed by atoms with Gasteiger partial charge in [-0.2, -0.15) is 0 Å². The summed E-state index contributed by atoms with van der Waals surface area (Å²) in [5.74, 6) is 0.812. The van der Waals surface area contributed by atoms with Gasteiger partial charge in [-0.25, -0.2) is 0 Å². The number of nitrogens with zero attached hydrogens (tertiary/aromatic N) is 3. The highest BCUT2D eigenvalue weighted by molar-refractivity contribution is 7.05. The zero-order valence-electron chi connectivity index (χ0n) is 6.56. The maximum Gasteiger partial charge on any atom is 0.141 e. The Hall–Kier alpha value is -0.840. The monoisotopic (exact) mass is 183 g/mol. The molecule has 1 aliphatic rings. The largest absolute Gasteiger partial charge is 0.300 e. The summed E-state index contributed by atoms with van der Waals surface area (Å²) in [7, 11) is 0. The van der Waals surface area contributed by atoms with Gasteiger partial charge in [-0.1, -0.05) is 4.49 Å². The lowest BCUT2D eigenvalue weighted by Gasteiger charge is -2.16.